The summed E-state index contributed by atoms with van der Waals surface area (Å²) in [6.07, 6.45) is 0. The van der Waals surface area contributed by atoms with Crippen LogP contribution in [0.4, 0.5) is 5.69 Å². The molecule has 0 atom stereocenters. The van der Waals surface area contributed by atoms with E-state index >= 15 is 0 Å². The van der Waals surface area contributed by atoms with Crippen molar-refractivity contribution in [2.24, 2.45) is 0 Å². The molecule has 0 aliphatic heterocycles. The number of thioether (sulfide) groups is 1. The van der Waals surface area contributed by atoms with Gasteiger partial charge in [0.15, 0.2) is 5.82 Å². The fourth-order valence-corrected chi connectivity index (χ4v) is 3.02. The minimum Gasteiger partial charge on any atom is -0.497 e. The molecule has 1 amide bonds. The highest BCUT2D eigenvalue weighted by Gasteiger charge is 2.11. The number of ether oxygens (including phenoxy) is 1. The van der Waals surface area contributed by atoms with E-state index in [0.717, 1.165) is 16.9 Å². The Bertz CT molecular complexity index is 912. The van der Waals surface area contributed by atoms with Gasteiger partial charge in [-0.2, -0.15) is 0 Å². The first-order chi connectivity index (χ1) is 12.6. The Morgan fingerprint density at radius 1 is 1.27 bits per heavy atom. The van der Waals surface area contributed by atoms with Crippen molar-refractivity contribution in [3.8, 4) is 17.1 Å². The van der Waals surface area contributed by atoms with E-state index in [1.54, 1.807) is 19.2 Å². The van der Waals surface area contributed by atoms with Crippen molar-refractivity contribution < 1.29 is 9.53 Å². The van der Waals surface area contributed by atoms with Crippen LogP contribution in [-0.4, -0.2) is 34.0 Å². The highest BCUT2D eigenvalue weighted by atomic mass is 35.5. The van der Waals surface area contributed by atoms with Crippen LogP contribution < -0.4 is 10.1 Å². The Kier molecular flexibility index (Phi) is 5.80. The van der Waals surface area contributed by atoms with E-state index in [0.29, 0.717) is 21.7 Å². The second kappa shape index (κ2) is 8.25. The van der Waals surface area contributed by atoms with Gasteiger partial charge in [-0.15, -0.1) is 5.10 Å². The van der Waals surface area contributed by atoms with Crippen LogP contribution in [0.25, 0.3) is 11.4 Å². The van der Waals surface area contributed by atoms with Gasteiger partial charge in [-0.05, 0) is 48.9 Å². The molecule has 2 N–H and O–H groups in total. The van der Waals surface area contributed by atoms with E-state index in [4.69, 9.17) is 16.3 Å². The zero-order valence-electron chi connectivity index (χ0n) is 14.2. The van der Waals surface area contributed by atoms with Gasteiger partial charge in [0.05, 0.1) is 12.9 Å². The van der Waals surface area contributed by atoms with Crippen molar-refractivity contribution in [1.29, 1.82) is 0 Å². The predicted octanol–water partition coefficient (Wildman–Crippen LogP) is 4.17. The lowest BCUT2D eigenvalue weighted by Gasteiger charge is -2.08. The second-order valence-corrected chi connectivity index (χ2v) is 6.79. The van der Waals surface area contributed by atoms with Crippen LogP contribution in [-0.2, 0) is 4.79 Å². The molecule has 0 fully saturated rings. The lowest BCUT2D eigenvalue weighted by atomic mass is 10.2. The summed E-state index contributed by atoms with van der Waals surface area (Å²) in [4.78, 5) is 16.5. The largest absolute Gasteiger partial charge is 0.497 e. The molecule has 0 saturated heterocycles. The van der Waals surface area contributed by atoms with Crippen LogP contribution in [0, 0.1) is 6.92 Å². The van der Waals surface area contributed by atoms with E-state index in [1.807, 2.05) is 37.3 Å². The Hall–Kier alpha value is -2.51. The van der Waals surface area contributed by atoms with Crippen LogP contribution in [0.2, 0.25) is 5.02 Å². The third kappa shape index (κ3) is 4.36. The predicted molar refractivity (Wildman–Crippen MR) is 104 cm³/mol. The molecule has 6 nitrogen and oxygen atoms in total. The Balaban J connectivity index is 1.59. The van der Waals surface area contributed by atoms with E-state index in [-0.39, 0.29) is 11.7 Å². The van der Waals surface area contributed by atoms with Crippen molar-refractivity contribution in [3.63, 3.8) is 0 Å². The molecule has 26 heavy (non-hydrogen) atoms. The molecule has 0 aliphatic rings. The molecule has 1 aromatic heterocycles. The zero-order valence-corrected chi connectivity index (χ0v) is 15.8. The Morgan fingerprint density at radius 2 is 2.04 bits per heavy atom. The zero-order chi connectivity index (χ0) is 18.5. The second-order valence-electron chi connectivity index (χ2n) is 5.44. The number of carbonyl (C=O) groups excluding carboxylic acids is 1. The molecule has 0 radical (unpaired) electrons. The molecular weight excluding hydrogens is 372 g/mol. The van der Waals surface area contributed by atoms with Crippen LogP contribution in [0.5, 0.6) is 5.75 Å². The first-order valence-electron chi connectivity index (χ1n) is 7.81. The molecule has 0 unspecified atom stereocenters. The lowest BCUT2D eigenvalue weighted by molar-refractivity contribution is -0.113. The van der Waals surface area contributed by atoms with E-state index in [1.165, 1.54) is 11.8 Å². The number of carbonyl (C=O) groups is 1. The first kappa shape index (κ1) is 18.3. The highest BCUT2D eigenvalue weighted by molar-refractivity contribution is 7.99. The summed E-state index contributed by atoms with van der Waals surface area (Å²) < 4.78 is 5.14. The molecule has 3 aromatic rings. The molecule has 0 saturated carbocycles. The summed E-state index contributed by atoms with van der Waals surface area (Å²) in [6.45, 7) is 1.86. The number of aromatic nitrogens is 3. The smallest absolute Gasteiger partial charge is 0.234 e. The number of anilines is 1. The number of benzene rings is 2. The number of amides is 1. The summed E-state index contributed by atoms with van der Waals surface area (Å²) in [5, 5.41) is 11.0. The van der Waals surface area contributed by atoms with Crippen LogP contribution in [0.15, 0.2) is 47.6 Å². The summed E-state index contributed by atoms with van der Waals surface area (Å²) in [5.41, 5.74) is 2.44. The average Bonchev–Trinajstić information content (AvgIpc) is 3.13. The van der Waals surface area contributed by atoms with Crippen LogP contribution in [0.3, 0.4) is 0 Å². The molecule has 2 aromatic carbocycles. The number of aromatic amines is 1. The van der Waals surface area contributed by atoms with E-state index in [9.17, 15) is 4.79 Å². The van der Waals surface area contributed by atoms with Crippen LogP contribution in [0.1, 0.15) is 5.56 Å². The lowest BCUT2D eigenvalue weighted by Crippen LogP contribution is -2.15. The summed E-state index contributed by atoms with van der Waals surface area (Å²) >= 11 is 7.32. The molecule has 8 heteroatoms. The minimum absolute atomic E-state index is 0.142. The first-order valence-corrected chi connectivity index (χ1v) is 9.18. The van der Waals surface area contributed by atoms with Gasteiger partial charge >= 0.3 is 0 Å². The van der Waals surface area contributed by atoms with Crippen molar-refractivity contribution in [2.45, 2.75) is 12.1 Å². The van der Waals surface area contributed by atoms with Crippen molar-refractivity contribution >= 4 is 35.0 Å². The van der Waals surface area contributed by atoms with Crippen molar-refractivity contribution in [2.75, 3.05) is 18.2 Å². The summed E-state index contributed by atoms with van der Waals surface area (Å²) in [5.74, 6) is 1.47. The van der Waals surface area contributed by atoms with Gasteiger partial charge in [0, 0.05) is 16.3 Å². The SMILES string of the molecule is COc1ccc(-c2nc(SCC(=O)Nc3cccc(Cl)c3C)n[nH]2)cc1. The Morgan fingerprint density at radius 3 is 2.77 bits per heavy atom. The van der Waals surface area contributed by atoms with Gasteiger partial charge in [0.1, 0.15) is 5.75 Å². The molecule has 0 aliphatic carbocycles. The third-order valence-corrected chi connectivity index (χ3v) is 4.96. The standard InChI is InChI=1S/C18H17ClN4O2S/c1-11-14(19)4-3-5-15(11)20-16(24)10-26-18-21-17(22-23-18)12-6-8-13(25-2)9-7-12/h3-9H,10H2,1-2H3,(H,20,24)(H,21,22,23). The fraction of sp³-hybridized carbons (Fsp3) is 0.167. The van der Waals surface area contributed by atoms with Crippen molar-refractivity contribution in [1.82, 2.24) is 15.2 Å². The van der Waals surface area contributed by atoms with Gasteiger partial charge < -0.3 is 10.1 Å². The Labute approximate surface area is 160 Å². The number of nitrogens with one attached hydrogen (secondary N) is 2. The van der Waals surface area contributed by atoms with Crippen LogP contribution >= 0.6 is 23.4 Å². The molecule has 134 valence electrons. The van der Waals surface area contributed by atoms with E-state index in [2.05, 4.69) is 20.5 Å². The molecule has 0 spiro atoms. The van der Waals surface area contributed by atoms with Crippen molar-refractivity contribution in [3.05, 3.63) is 53.1 Å². The number of hydrogen-bond donors (Lipinski definition) is 2. The summed E-state index contributed by atoms with van der Waals surface area (Å²) in [7, 11) is 1.62. The molecule has 1 heterocycles. The summed E-state index contributed by atoms with van der Waals surface area (Å²) in [6, 6.07) is 12.9. The number of hydrogen-bond acceptors (Lipinski definition) is 5. The minimum atomic E-state index is -0.142. The average molecular weight is 389 g/mol. The topological polar surface area (TPSA) is 79.9 Å². The molecule has 0 bridgehead atoms. The quantitative estimate of drug-likeness (QED) is 0.619. The fourth-order valence-electron chi connectivity index (χ4n) is 2.25. The normalized spacial score (nSPS) is 10.6. The number of rotatable bonds is 6. The number of H-pyrrole nitrogens is 1. The van der Waals surface area contributed by atoms with Gasteiger partial charge in [-0.1, -0.05) is 29.4 Å². The monoisotopic (exact) mass is 388 g/mol. The number of methoxy groups -OCH3 is 1. The highest BCUT2D eigenvalue weighted by Crippen LogP contribution is 2.24. The van der Waals surface area contributed by atoms with Gasteiger partial charge in [0.2, 0.25) is 11.1 Å². The number of halogens is 1. The third-order valence-electron chi connectivity index (χ3n) is 3.70. The van der Waals surface area contributed by atoms with Gasteiger partial charge in [-0.25, -0.2) is 4.98 Å². The molecular formula is C18H17ClN4O2S. The maximum atomic E-state index is 12.1. The number of nitrogens with zero attached hydrogens (tertiary/aromatic N) is 2. The maximum Gasteiger partial charge on any atom is 0.234 e. The maximum absolute atomic E-state index is 12.1. The van der Waals surface area contributed by atoms with Gasteiger partial charge in [0.25, 0.3) is 0 Å². The molecule has 3 rings (SSSR count). The van der Waals surface area contributed by atoms with E-state index < -0.39 is 0 Å². The van der Waals surface area contributed by atoms with Gasteiger partial charge in [-0.3, -0.25) is 9.89 Å².